The topological polar surface area (TPSA) is 45.1 Å². The van der Waals surface area contributed by atoms with Crippen molar-refractivity contribution >= 4 is 46.2 Å². The Labute approximate surface area is 186 Å². The van der Waals surface area contributed by atoms with Crippen LogP contribution in [0.2, 0.25) is 5.02 Å². The SMILES string of the molecule is CCCOc1ccccc1/C=C1/SC(N2CCN(c3ccc(Cl)cc3)CC2)=NC1=O. The minimum absolute atomic E-state index is 0.180. The van der Waals surface area contributed by atoms with Crippen molar-refractivity contribution in [3.05, 3.63) is 64.0 Å². The molecule has 7 heteroatoms. The molecule has 0 radical (unpaired) electrons. The number of amidine groups is 1. The summed E-state index contributed by atoms with van der Waals surface area (Å²) in [5, 5.41) is 1.53. The number of carbonyl (C=O) groups is 1. The molecule has 0 unspecified atom stereocenters. The van der Waals surface area contributed by atoms with Gasteiger partial charge in [-0.25, -0.2) is 0 Å². The number of hydrogen-bond donors (Lipinski definition) is 0. The Balaban J connectivity index is 1.40. The monoisotopic (exact) mass is 441 g/mol. The van der Waals surface area contributed by atoms with Crippen LogP contribution in [0.25, 0.3) is 6.08 Å². The van der Waals surface area contributed by atoms with Gasteiger partial charge in [0, 0.05) is 42.5 Å². The summed E-state index contributed by atoms with van der Waals surface area (Å²) in [6.07, 6.45) is 2.83. The van der Waals surface area contributed by atoms with Crippen LogP contribution in [0, 0.1) is 0 Å². The zero-order valence-electron chi connectivity index (χ0n) is 16.9. The number of thioether (sulfide) groups is 1. The maximum atomic E-state index is 12.5. The molecule has 0 bridgehead atoms. The Morgan fingerprint density at radius 1 is 1.07 bits per heavy atom. The van der Waals surface area contributed by atoms with Crippen LogP contribution in [0.4, 0.5) is 5.69 Å². The predicted molar refractivity (Wildman–Crippen MR) is 125 cm³/mol. The zero-order chi connectivity index (χ0) is 20.9. The molecular weight excluding hydrogens is 418 g/mol. The fourth-order valence-electron chi connectivity index (χ4n) is 3.43. The second kappa shape index (κ2) is 9.58. The highest BCUT2D eigenvalue weighted by atomic mass is 35.5. The third kappa shape index (κ3) is 4.82. The molecule has 2 aromatic rings. The van der Waals surface area contributed by atoms with Crippen molar-refractivity contribution in [2.24, 2.45) is 4.99 Å². The zero-order valence-corrected chi connectivity index (χ0v) is 18.5. The molecule has 1 saturated heterocycles. The standard InChI is InChI=1S/C23H24ClN3O2S/c1-2-15-29-20-6-4-3-5-17(20)16-21-22(28)25-23(30-21)27-13-11-26(12-14-27)19-9-7-18(24)8-10-19/h3-10,16H,2,11-15H2,1H3/b21-16+. The van der Waals surface area contributed by atoms with E-state index in [-0.39, 0.29) is 5.91 Å². The largest absolute Gasteiger partial charge is 0.493 e. The Kier molecular flexibility index (Phi) is 6.65. The Morgan fingerprint density at radius 2 is 1.77 bits per heavy atom. The van der Waals surface area contributed by atoms with Crippen LogP contribution < -0.4 is 9.64 Å². The van der Waals surface area contributed by atoms with Gasteiger partial charge < -0.3 is 14.5 Å². The summed E-state index contributed by atoms with van der Waals surface area (Å²) in [4.78, 5) is 22.0. The maximum Gasteiger partial charge on any atom is 0.286 e. The molecule has 1 fully saturated rings. The summed E-state index contributed by atoms with van der Waals surface area (Å²) in [5.41, 5.74) is 2.08. The third-order valence-electron chi connectivity index (χ3n) is 5.02. The van der Waals surface area contributed by atoms with E-state index in [1.807, 2.05) is 54.6 Å². The van der Waals surface area contributed by atoms with Gasteiger partial charge in [-0.15, -0.1) is 0 Å². The van der Waals surface area contributed by atoms with Crippen LogP contribution in [0.15, 0.2) is 58.4 Å². The van der Waals surface area contributed by atoms with E-state index >= 15 is 0 Å². The van der Waals surface area contributed by atoms with E-state index in [4.69, 9.17) is 16.3 Å². The predicted octanol–water partition coefficient (Wildman–Crippen LogP) is 4.92. The number of aliphatic imine (C=N–C) groups is 1. The summed E-state index contributed by atoms with van der Waals surface area (Å²) in [7, 11) is 0. The fraction of sp³-hybridized carbons (Fsp3) is 0.304. The highest BCUT2D eigenvalue weighted by Crippen LogP contribution is 2.33. The molecule has 4 rings (SSSR count). The van der Waals surface area contributed by atoms with E-state index in [9.17, 15) is 4.79 Å². The quantitative estimate of drug-likeness (QED) is 0.616. The van der Waals surface area contributed by atoms with E-state index in [0.717, 1.165) is 54.1 Å². The molecule has 5 nitrogen and oxygen atoms in total. The third-order valence-corrected chi connectivity index (χ3v) is 6.31. The number of ether oxygens (including phenoxy) is 1. The molecule has 0 aromatic heterocycles. The molecule has 2 aliphatic rings. The second-order valence-corrected chi connectivity index (χ2v) is 8.59. The van der Waals surface area contributed by atoms with Gasteiger partial charge in [0.05, 0.1) is 11.5 Å². The van der Waals surface area contributed by atoms with Crippen LogP contribution in [0.5, 0.6) is 5.75 Å². The number of nitrogens with zero attached hydrogens (tertiary/aromatic N) is 3. The van der Waals surface area contributed by atoms with Crippen molar-refractivity contribution in [2.45, 2.75) is 13.3 Å². The van der Waals surface area contributed by atoms with Crippen molar-refractivity contribution in [1.29, 1.82) is 0 Å². The molecule has 1 amide bonds. The average molecular weight is 442 g/mol. The molecule has 0 spiro atoms. The number of carbonyl (C=O) groups excluding carboxylic acids is 1. The molecule has 0 atom stereocenters. The highest BCUT2D eigenvalue weighted by Gasteiger charge is 2.28. The van der Waals surface area contributed by atoms with Crippen molar-refractivity contribution in [1.82, 2.24) is 4.90 Å². The van der Waals surface area contributed by atoms with E-state index in [0.29, 0.717) is 11.5 Å². The van der Waals surface area contributed by atoms with Gasteiger partial charge in [-0.05, 0) is 54.6 Å². The Morgan fingerprint density at radius 3 is 2.50 bits per heavy atom. The lowest BCUT2D eigenvalue weighted by molar-refractivity contribution is -0.113. The first kappa shape index (κ1) is 20.8. The molecule has 0 saturated carbocycles. The van der Waals surface area contributed by atoms with E-state index in [2.05, 4.69) is 21.7 Å². The molecule has 2 heterocycles. The van der Waals surface area contributed by atoms with E-state index < -0.39 is 0 Å². The van der Waals surface area contributed by atoms with E-state index in [1.54, 1.807) is 0 Å². The minimum atomic E-state index is -0.180. The molecular formula is C23H24ClN3O2S. The molecule has 2 aromatic carbocycles. The number of rotatable bonds is 5. The fourth-order valence-corrected chi connectivity index (χ4v) is 4.51. The molecule has 156 valence electrons. The average Bonchev–Trinajstić information content (AvgIpc) is 3.14. The smallest absolute Gasteiger partial charge is 0.286 e. The van der Waals surface area contributed by atoms with Crippen molar-refractivity contribution in [2.75, 3.05) is 37.7 Å². The van der Waals surface area contributed by atoms with Crippen molar-refractivity contribution in [3.63, 3.8) is 0 Å². The first-order chi connectivity index (χ1) is 14.6. The van der Waals surface area contributed by atoms with Crippen LogP contribution in [0.3, 0.4) is 0 Å². The van der Waals surface area contributed by atoms with E-state index in [1.165, 1.54) is 17.4 Å². The summed E-state index contributed by atoms with van der Waals surface area (Å²) in [6.45, 7) is 6.13. The summed E-state index contributed by atoms with van der Waals surface area (Å²) in [5.74, 6) is 0.616. The second-order valence-electron chi connectivity index (χ2n) is 7.15. The van der Waals surface area contributed by atoms with Gasteiger partial charge in [0.1, 0.15) is 5.75 Å². The number of amides is 1. The van der Waals surface area contributed by atoms with Gasteiger partial charge in [0.15, 0.2) is 5.17 Å². The number of para-hydroxylation sites is 1. The number of benzene rings is 2. The van der Waals surface area contributed by atoms with Gasteiger partial charge in [-0.2, -0.15) is 4.99 Å². The normalized spacial score (nSPS) is 18.1. The summed E-state index contributed by atoms with van der Waals surface area (Å²) < 4.78 is 5.81. The van der Waals surface area contributed by atoms with Gasteiger partial charge in [0.25, 0.3) is 5.91 Å². The van der Waals surface area contributed by atoms with Crippen LogP contribution in [0.1, 0.15) is 18.9 Å². The lowest BCUT2D eigenvalue weighted by atomic mass is 10.2. The van der Waals surface area contributed by atoms with Gasteiger partial charge >= 0.3 is 0 Å². The molecule has 30 heavy (non-hydrogen) atoms. The first-order valence-corrected chi connectivity index (χ1v) is 11.3. The molecule has 0 aliphatic carbocycles. The summed E-state index contributed by atoms with van der Waals surface area (Å²) >= 11 is 7.44. The Bertz CT molecular complexity index is 967. The summed E-state index contributed by atoms with van der Waals surface area (Å²) in [6, 6.07) is 15.7. The molecule has 2 aliphatic heterocycles. The van der Waals surface area contributed by atoms with Gasteiger partial charge in [0.2, 0.25) is 0 Å². The number of anilines is 1. The van der Waals surface area contributed by atoms with Crippen molar-refractivity contribution in [3.8, 4) is 5.75 Å². The number of hydrogen-bond acceptors (Lipinski definition) is 5. The van der Waals surface area contributed by atoms with Gasteiger partial charge in [-0.1, -0.05) is 36.7 Å². The highest BCUT2D eigenvalue weighted by molar-refractivity contribution is 8.18. The maximum absolute atomic E-state index is 12.5. The lowest BCUT2D eigenvalue weighted by Crippen LogP contribution is -2.47. The van der Waals surface area contributed by atoms with Crippen molar-refractivity contribution < 1.29 is 9.53 Å². The number of halogens is 1. The number of piperazine rings is 1. The molecule has 0 N–H and O–H groups in total. The Hall–Kier alpha value is -2.44. The van der Waals surface area contributed by atoms with Crippen LogP contribution in [-0.4, -0.2) is 48.8 Å². The van der Waals surface area contributed by atoms with Crippen LogP contribution in [-0.2, 0) is 4.79 Å². The minimum Gasteiger partial charge on any atom is -0.493 e. The van der Waals surface area contributed by atoms with Crippen LogP contribution >= 0.6 is 23.4 Å². The van der Waals surface area contributed by atoms with Gasteiger partial charge in [-0.3, -0.25) is 4.79 Å². The first-order valence-electron chi connectivity index (χ1n) is 10.1. The lowest BCUT2D eigenvalue weighted by Gasteiger charge is -2.36.